The number of aromatic nitrogens is 1. The molecule has 1 aromatic heterocycles. The lowest BCUT2D eigenvalue weighted by Gasteiger charge is -2.38. The standard InChI is InChI=1S/C24H31N3O5/c1-6-17(27(23(29)30)24(3,4)5)22(28)26-16-11-12-20(25-13-16)32-19-10-8-9-15-14-31-18(7-2)21(15)19/h8-13,17-18H,6-7,14H2,1-5H3,(H,26,28)(H,29,30)/t17-,18?/m1/s1. The van der Waals surface area contributed by atoms with Crippen LogP contribution in [0.1, 0.15) is 64.7 Å². The predicted octanol–water partition coefficient (Wildman–Crippen LogP) is 5.35. The molecule has 2 aromatic rings. The van der Waals surface area contributed by atoms with Gasteiger partial charge in [-0.25, -0.2) is 9.78 Å². The number of fused-ring (bicyclic) bond motifs is 1. The Morgan fingerprint density at radius 1 is 1.28 bits per heavy atom. The van der Waals surface area contributed by atoms with Crippen LogP contribution in [0.15, 0.2) is 36.5 Å². The Hall–Kier alpha value is -3.13. The summed E-state index contributed by atoms with van der Waals surface area (Å²) in [6.07, 6.45) is 1.58. The normalized spacial score (nSPS) is 16.2. The van der Waals surface area contributed by atoms with Crippen LogP contribution in [0, 0.1) is 0 Å². The molecule has 0 bridgehead atoms. The lowest BCUT2D eigenvalue weighted by Crippen LogP contribution is -2.55. The quantitative estimate of drug-likeness (QED) is 0.601. The zero-order valence-electron chi connectivity index (χ0n) is 19.2. The Labute approximate surface area is 188 Å². The first kappa shape index (κ1) is 23.5. The van der Waals surface area contributed by atoms with Gasteiger partial charge in [-0.2, -0.15) is 0 Å². The van der Waals surface area contributed by atoms with Gasteiger partial charge in [-0.1, -0.05) is 26.0 Å². The van der Waals surface area contributed by atoms with Crippen molar-refractivity contribution in [1.29, 1.82) is 0 Å². The average molecular weight is 442 g/mol. The maximum absolute atomic E-state index is 12.8. The summed E-state index contributed by atoms with van der Waals surface area (Å²) in [5.41, 5.74) is 1.92. The number of amides is 2. The molecule has 2 amide bonds. The lowest BCUT2D eigenvalue weighted by molar-refractivity contribution is -0.122. The van der Waals surface area contributed by atoms with Crippen LogP contribution in [0.25, 0.3) is 0 Å². The summed E-state index contributed by atoms with van der Waals surface area (Å²) in [7, 11) is 0. The molecule has 0 saturated carbocycles. The van der Waals surface area contributed by atoms with Gasteiger partial charge in [-0.3, -0.25) is 9.69 Å². The molecule has 0 radical (unpaired) electrons. The van der Waals surface area contributed by atoms with Gasteiger partial charge in [-0.05, 0) is 51.3 Å². The minimum Gasteiger partial charge on any atom is -0.465 e. The molecule has 1 aromatic carbocycles. The zero-order chi connectivity index (χ0) is 23.5. The van der Waals surface area contributed by atoms with Crippen molar-refractivity contribution in [2.45, 2.75) is 71.8 Å². The number of pyridine rings is 1. The van der Waals surface area contributed by atoms with E-state index in [1.54, 1.807) is 39.8 Å². The maximum atomic E-state index is 12.8. The summed E-state index contributed by atoms with van der Waals surface area (Å²) in [4.78, 5) is 30.1. The third-order valence-corrected chi connectivity index (χ3v) is 5.44. The second kappa shape index (κ2) is 9.56. The van der Waals surface area contributed by atoms with Crippen molar-refractivity contribution in [3.8, 4) is 11.6 Å². The number of hydrogen-bond donors (Lipinski definition) is 2. The molecule has 32 heavy (non-hydrogen) atoms. The third kappa shape index (κ3) is 5.02. The van der Waals surface area contributed by atoms with Crippen molar-refractivity contribution in [3.63, 3.8) is 0 Å². The van der Waals surface area contributed by atoms with E-state index in [1.165, 1.54) is 11.1 Å². The molecule has 3 rings (SSSR count). The smallest absolute Gasteiger partial charge is 0.408 e. The van der Waals surface area contributed by atoms with Crippen LogP contribution in [0.3, 0.4) is 0 Å². The van der Waals surface area contributed by atoms with Crippen molar-refractivity contribution in [2.75, 3.05) is 5.32 Å². The van der Waals surface area contributed by atoms with Gasteiger partial charge in [0.25, 0.3) is 0 Å². The zero-order valence-corrected chi connectivity index (χ0v) is 19.2. The SMILES string of the molecule is CCC1OCc2cccc(Oc3ccc(NC(=O)[C@@H](CC)N(C(=O)O)C(C)(C)C)cn3)c21. The number of nitrogens with zero attached hydrogens (tertiary/aromatic N) is 2. The molecule has 2 atom stereocenters. The minimum absolute atomic E-state index is 0.00531. The fraction of sp³-hybridized carbons (Fsp3) is 0.458. The summed E-state index contributed by atoms with van der Waals surface area (Å²) in [6, 6.07) is 8.40. The number of ether oxygens (including phenoxy) is 2. The average Bonchev–Trinajstić information content (AvgIpc) is 3.16. The van der Waals surface area contributed by atoms with E-state index in [0.717, 1.165) is 17.5 Å². The number of anilines is 1. The summed E-state index contributed by atoms with van der Waals surface area (Å²) in [5, 5.41) is 12.4. The fourth-order valence-corrected chi connectivity index (χ4v) is 3.99. The Kier molecular flexibility index (Phi) is 7.03. The molecule has 0 saturated heterocycles. The molecule has 8 nitrogen and oxygen atoms in total. The molecule has 8 heteroatoms. The Balaban J connectivity index is 1.72. The number of carbonyl (C=O) groups excluding carboxylic acids is 1. The second-order valence-corrected chi connectivity index (χ2v) is 8.76. The van der Waals surface area contributed by atoms with Gasteiger partial charge in [0.15, 0.2) is 0 Å². The molecular formula is C24H31N3O5. The predicted molar refractivity (Wildman–Crippen MR) is 121 cm³/mol. The van der Waals surface area contributed by atoms with Gasteiger partial charge in [-0.15, -0.1) is 0 Å². The van der Waals surface area contributed by atoms with E-state index < -0.39 is 23.6 Å². The summed E-state index contributed by atoms with van der Waals surface area (Å²) < 4.78 is 11.8. The van der Waals surface area contributed by atoms with E-state index in [0.29, 0.717) is 30.3 Å². The van der Waals surface area contributed by atoms with E-state index in [9.17, 15) is 14.7 Å². The number of carbonyl (C=O) groups is 2. The number of hydrogen-bond acceptors (Lipinski definition) is 5. The fourth-order valence-electron chi connectivity index (χ4n) is 3.99. The Morgan fingerprint density at radius 3 is 2.59 bits per heavy atom. The highest BCUT2D eigenvalue weighted by atomic mass is 16.5. The highest BCUT2D eigenvalue weighted by Gasteiger charge is 2.36. The van der Waals surface area contributed by atoms with Crippen molar-refractivity contribution >= 4 is 17.7 Å². The summed E-state index contributed by atoms with van der Waals surface area (Å²) in [5.74, 6) is 0.709. The van der Waals surface area contributed by atoms with Crippen molar-refractivity contribution < 1.29 is 24.2 Å². The van der Waals surface area contributed by atoms with E-state index in [2.05, 4.69) is 17.2 Å². The molecule has 1 aliphatic rings. The first-order valence-electron chi connectivity index (χ1n) is 10.9. The van der Waals surface area contributed by atoms with Gasteiger partial charge in [0.1, 0.15) is 11.8 Å². The molecule has 172 valence electrons. The van der Waals surface area contributed by atoms with Crippen LogP contribution < -0.4 is 10.1 Å². The van der Waals surface area contributed by atoms with E-state index in [-0.39, 0.29) is 6.10 Å². The lowest BCUT2D eigenvalue weighted by atomic mass is 10.0. The van der Waals surface area contributed by atoms with Crippen LogP contribution in [-0.4, -0.2) is 38.6 Å². The van der Waals surface area contributed by atoms with Crippen LogP contribution in [0.4, 0.5) is 10.5 Å². The van der Waals surface area contributed by atoms with Crippen LogP contribution in [0.2, 0.25) is 0 Å². The van der Waals surface area contributed by atoms with E-state index in [4.69, 9.17) is 9.47 Å². The Morgan fingerprint density at radius 2 is 2.03 bits per heavy atom. The van der Waals surface area contributed by atoms with E-state index in [1.807, 2.05) is 18.2 Å². The minimum atomic E-state index is -1.13. The number of nitrogens with one attached hydrogen (secondary N) is 1. The molecular weight excluding hydrogens is 410 g/mol. The number of rotatable bonds is 7. The third-order valence-electron chi connectivity index (χ3n) is 5.44. The van der Waals surface area contributed by atoms with Crippen molar-refractivity contribution in [1.82, 2.24) is 9.88 Å². The second-order valence-electron chi connectivity index (χ2n) is 8.76. The Bertz CT molecular complexity index is 969. The largest absolute Gasteiger partial charge is 0.465 e. The summed E-state index contributed by atoms with van der Waals surface area (Å²) in [6.45, 7) is 9.72. The van der Waals surface area contributed by atoms with Crippen LogP contribution in [-0.2, 0) is 16.1 Å². The first-order chi connectivity index (χ1) is 15.2. The monoisotopic (exact) mass is 441 g/mol. The highest BCUT2D eigenvalue weighted by molar-refractivity contribution is 5.96. The number of benzene rings is 1. The molecule has 0 aliphatic carbocycles. The molecule has 0 spiro atoms. The molecule has 1 aliphatic heterocycles. The van der Waals surface area contributed by atoms with Crippen LogP contribution in [0.5, 0.6) is 11.6 Å². The topological polar surface area (TPSA) is 101 Å². The van der Waals surface area contributed by atoms with Crippen LogP contribution >= 0.6 is 0 Å². The van der Waals surface area contributed by atoms with Gasteiger partial charge in [0.05, 0.1) is 24.6 Å². The molecule has 1 unspecified atom stereocenters. The van der Waals surface area contributed by atoms with Crippen molar-refractivity contribution in [2.24, 2.45) is 0 Å². The van der Waals surface area contributed by atoms with Gasteiger partial charge in [0.2, 0.25) is 11.8 Å². The van der Waals surface area contributed by atoms with Gasteiger partial charge >= 0.3 is 6.09 Å². The number of carboxylic acid groups (broad SMARTS) is 1. The first-order valence-corrected chi connectivity index (χ1v) is 10.9. The molecule has 2 heterocycles. The van der Waals surface area contributed by atoms with E-state index >= 15 is 0 Å². The highest BCUT2D eigenvalue weighted by Crippen LogP contribution is 2.40. The van der Waals surface area contributed by atoms with Gasteiger partial charge in [0, 0.05) is 17.2 Å². The molecule has 2 N–H and O–H groups in total. The summed E-state index contributed by atoms with van der Waals surface area (Å²) >= 11 is 0. The van der Waals surface area contributed by atoms with Gasteiger partial charge < -0.3 is 19.9 Å². The van der Waals surface area contributed by atoms with Crippen molar-refractivity contribution in [3.05, 3.63) is 47.7 Å². The molecule has 0 fully saturated rings. The maximum Gasteiger partial charge on any atom is 0.408 e.